The summed E-state index contributed by atoms with van der Waals surface area (Å²) in [6.45, 7) is 7.88. The summed E-state index contributed by atoms with van der Waals surface area (Å²) in [5, 5.41) is 0. The second-order valence-corrected chi connectivity index (χ2v) is 10.9. The van der Waals surface area contributed by atoms with Crippen molar-refractivity contribution in [2.75, 3.05) is 26.9 Å². The van der Waals surface area contributed by atoms with Crippen LogP contribution in [0.25, 0.3) is 0 Å². The number of unbranched alkanes of at least 4 members (excludes halogenated alkanes) is 11. The molecule has 6 heteroatoms. The molecule has 1 heterocycles. The summed E-state index contributed by atoms with van der Waals surface area (Å²) in [6, 6.07) is 8.63. The molecule has 4 nitrogen and oxygen atoms in total. The number of hydrogen-bond donors (Lipinski definition) is 0. The maximum Gasteiger partial charge on any atom is 0.225 e. The summed E-state index contributed by atoms with van der Waals surface area (Å²) in [7, 11) is 1.74. The summed E-state index contributed by atoms with van der Waals surface area (Å²) in [6.07, 6.45) is 18.6. The number of hydrogen-bond acceptors (Lipinski definition) is 4. The molecule has 1 aromatic carbocycles. The van der Waals surface area contributed by atoms with Gasteiger partial charge in [-0.25, -0.2) is 0 Å². The Balaban J connectivity index is 0.00000648. The van der Waals surface area contributed by atoms with E-state index in [2.05, 4.69) is 54.4 Å². The first-order valence-corrected chi connectivity index (χ1v) is 14.8. The van der Waals surface area contributed by atoms with E-state index in [4.69, 9.17) is 14.2 Å². The van der Waals surface area contributed by atoms with Crippen molar-refractivity contribution in [1.29, 1.82) is 0 Å². The first-order chi connectivity index (χ1) is 17.2. The zero-order chi connectivity index (χ0) is 25.0. The number of ether oxygens (including phenoxy) is 3. The van der Waals surface area contributed by atoms with E-state index in [-0.39, 0.29) is 23.1 Å². The zero-order valence-electron chi connectivity index (χ0n) is 23.0. The van der Waals surface area contributed by atoms with Crippen LogP contribution >= 0.6 is 11.3 Å². The van der Waals surface area contributed by atoms with Gasteiger partial charge in [0, 0.05) is 19.3 Å². The Bertz CT molecular complexity index is 770. The summed E-state index contributed by atoms with van der Waals surface area (Å²) in [5.41, 5.74) is 4.66. The standard InChI is InChI=1S/C30H50NO3S.BrH/c1-4-5-6-7-8-9-10-11-12-13-14-15-19-33-24-30(32-3)25-34-23-29-18-16-17-28(20-29)22-31-21-27(2)35-26-31;/h16-18,20-21,26,30H,4-15,19,22-25H2,1-3H3;1H/q+1;/p-1. The van der Waals surface area contributed by atoms with Crippen LogP contribution in [-0.4, -0.2) is 33.0 Å². The van der Waals surface area contributed by atoms with Crippen molar-refractivity contribution in [2.45, 2.75) is 110 Å². The van der Waals surface area contributed by atoms with Gasteiger partial charge in [-0.15, -0.1) is 0 Å². The largest absolute Gasteiger partial charge is 1.00 e. The van der Waals surface area contributed by atoms with Gasteiger partial charge in [0.1, 0.15) is 6.10 Å². The Kier molecular flexibility index (Phi) is 20.5. The van der Waals surface area contributed by atoms with E-state index in [9.17, 15) is 0 Å². The van der Waals surface area contributed by atoms with Gasteiger partial charge in [-0.3, -0.25) is 0 Å². The van der Waals surface area contributed by atoms with Crippen molar-refractivity contribution in [2.24, 2.45) is 0 Å². The third-order valence-electron chi connectivity index (χ3n) is 6.43. The fourth-order valence-electron chi connectivity index (χ4n) is 4.31. The van der Waals surface area contributed by atoms with Crippen molar-refractivity contribution >= 4 is 11.3 Å². The van der Waals surface area contributed by atoms with E-state index in [1.165, 1.54) is 86.6 Å². The van der Waals surface area contributed by atoms with Crippen molar-refractivity contribution < 1.29 is 35.8 Å². The smallest absolute Gasteiger partial charge is 0.225 e. The average molecular weight is 585 g/mol. The van der Waals surface area contributed by atoms with E-state index in [1.54, 1.807) is 18.4 Å². The molecule has 0 aliphatic rings. The van der Waals surface area contributed by atoms with Crippen molar-refractivity contribution in [3.05, 3.63) is 52.0 Å². The molecule has 0 N–H and O–H groups in total. The predicted octanol–water partition coefficient (Wildman–Crippen LogP) is 4.65. The maximum atomic E-state index is 5.94. The van der Waals surface area contributed by atoms with Crippen LogP contribution in [0.5, 0.6) is 0 Å². The normalized spacial score (nSPS) is 12.0. The molecular weight excluding hydrogens is 534 g/mol. The van der Waals surface area contributed by atoms with Gasteiger partial charge in [0.25, 0.3) is 0 Å². The zero-order valence-corrected chi connectivity index (χ0v) is 25.4. The number of nitrogens with zero attached hydrogens (tertiary/aromatic N) is 1. The summed E-state index contributed by atoms with van der Waals surface area (Å²) >= 11 is 1.78. The molecule has 2 aromatic rings. The lowest BCUT2D eigenvalue weighted by Gasteiger charge is -2.16. The lowest BCUT2D eigenvalue weighted by Crippen LogP contribution is -3.00. The molecule has 0 saturated heterocycles. The van der Waals surface area contributed by atoms with Crippen molar-refractivity contribution in [3.8, 4) is 0 Å². The van der Waals surface area contributed by atoms with Gasteiger partial charge in [0.2, 0.25) is 5.51 Å². The number of aryl methyl sites for hydroxylation is 1. The molecule has 0 aliphatic carbocycles. The average Bonchev–Trinajstić information content (AvgIpc) is 3.27. The van der Waals surface area contributed by atoms with Crippen LogP contribution in [-0.2, 0) is 27.4 Å². The number of rotatable bonds is 22. The van der Waals surface area contributed by atoms with Crippen LogP contribution in [0.1, 0.15) is 100.0 Å². The summed E-state index contributed by atoms with van der Waals surface area (Å²) in [4.78, 5) is 1.33. The first-order valence-electron chi connectivity index (χ1n) is 13.9. The highest BCUT2D eigenvalue weighted by atomic mass is 79.9. The van der Waals surface area contributed by atoms with Crippen LogP contribution in [0, 0.1) is 6.92 Å². The van der Waals surface area contributed by atoms with Crippen molar-refractivity contribution in [1.82, 2.24) is 0 Å². The van der Waals surface area contributed by atoms with Crippen LogP contribution in [0.4, 0.5) is 0 Å². The monoisotopic (exact) mass is 583 g/mol. The highest BCUT2D eigenvalue weighted by Gasteiger charge is 2.09. The molecular formula is C30H50BrNO3S. The Morgan fingerprint density at radius 1 is 0.833 bits per heavy atom. The quantitative estimate of drug-likeness (QED) is 0.149. The Hall–Kier alpha value is -0.790. The number of aromatic nitrogens is 1. The van der Waals surface area contributed by atoms with Crippen LogP contribution in [0.15, 0.2) is 36.0 Å². The lowest BCUT2D eigenvalue weighted by molar-refractivity contribution is -0.683. The molecule has 0 spiro atoms. The summed E-state index contributed by atoms with van der Waals surface area (Å²) in [5.74, 6) is 0. The molecule has 1 atom stereocenters. The number of halogens is 1. The minimum atomic E-state index is -0.0140. The SMILES string of the molecule is CCCCCCCCCCCCCCOCC(COCc1cccc(C[n+]2csc(C)c2)c1)OC.[Br-]. The van der Waals surface area contributed by atoms with Gasteiger partial charge in [-0.1, -0.05) is 107 Å². The van der Waals surface area contributed by atoms with E-state index >= 15 is 0 Å². The lowest BCUT2D eigenvalue weighted by atomic mass is 10.1. The maximum absolute atomic E-state index is 5.94. The van der Waals surface area contributed by atoms with E-state index in [0.29, 0.717) is 19.8 Å². The van der Waals surface area contributed by atoms with Gasteiger partial charge in [-0.2, -0.15) is 4.57 Å². The topological polar surface area (TPSA) is 31.6 Å². The van der Waals surface area contributed by atoms with E-state index < -0.39 is 0 Å². The van der Waals surface area contributed by atoms with Gasteiger partial charge < -0.3 is 31.2 Å². The number of methoxy groups -OCH3 is 1. The second kappa shape index (κ2) is 22.2. The number of benzene rings is 1. The second-order valence-electron chi connectivity index (χ2n) is 9.79. The Morgan fingerprint density at radius 3 is 2.06 bits per heavy atom. The van der Waals surface area contributed by atoms with Gasteiger partial charge in [0.15, 0.2) is 12.7 Å². The third-order valence-corrected chi connectivity index (χ3v) is 7.28. The molecule has 1 aromatic heterocycles. The molecule has 206 valence electrons. The molecule has 1 unspecified atom stereocenters. The molecule has 0 fully saturated rings. The van der Waals surface area contributed by atoms with Crippen LogP contribution in [0.3, 0.4) is 0 Å². The van der Waals surface area contributed by atoms with Crippen LogP contribution in [0.2, 0.25) is 0 Å². The molecule has 0 radical (unpaired) electrons. The Morgan fingerprint density at radius 2 is 1.44 bits per heavy atom. The van der Waals surface area contributed by atoms with Crippen LogP contribution < -0.4 is 21.5 Å². The van der Waals surface area contributed by atoms with E-state index in [0.717, 1.165) is 19.6 Å². The number of thiazole rings is 1. The van der Waals surface area contributed by atoms with Gasteiger partial charge in [0.05, 0.1) is 24.7 Å². The first kappa shape index (κ1) is 33.2. The highest BCUT2D eigenvalue weighted by Crippen LogP contribution is 2.12. The third kappa shape index (κ3) is 16.1. The minimum absolute atomic E-state index is 0. The fraction of sp³-hybridized carbons (Fsp3) is 0.700. The van der Waals surface area contributed by atoms with Crippen molar-refractivity contribution in [3.63, 3.8) is 0 Å². The molecule has 0 amide bonds. The molecule has 36 heavy (non-hydrogen) atoms. The minimum Gasteiger partial charge on any atom is -1.00 e. The highest BCUT2D eigenvalue weighted by molar-refractivity contribution is 7.09. The fourth-order valence-corrected chi connectivity index (χ4v) is 4.94. The van der Waals surface area contributed by atoms with Gasteiger partial charge >= 0.3 is 0 Å². The molecule has 0 saturated carbocycles. The molecule has 2 rings (SSSR count). The summed E-state index contributed by atoms with van der Waals surface area (Å²) < 4.78 is 19.6. The molecule has 0 aliphatic heterocycles. The molecule has 0 bridgehead atoms. The predicted molar refractivity (Wildman–Crippen MR) is 147 cm³/mol. The van der Waals surface area contributed by atoms with E-state index in [1.807, 2.05) is 0 Å². The van der Waals surface area contributed by atoms with Gasteiger partial charge in [-0.05, 0) is 25.0 Å². The Labute approximate surface area is 235 Å².